The van der Waals surface area contributed by atoms with Crippen LogP contribution in [0.5, 0.6) is 0 Å². The van der Waals surface area contributed by atoms with Crippen LogP contribution in [0.15, 0.2) is 24.3 Å². The molecule has 1 aromatic carbocycles. The van der Waals surface area contributed by atoms with Crippen LogP contribution in [0.3, 0.4) is 0 Å². The topological polar surface area (TPSA) is 34.1 Å². The minimum Gasteiger partial charge on any atom is -0.303 e. The molecule has 0 aliphatic rings. The predicted octanol–water partition coefficient (Wildman–Crippen LogP) is 2.24. The van der Waals surface area contributed by atoms with E-state index in [2.05, 4.69) is 0 Å². The Bertz CT molecular complexity index is 370. The van der Waals surface area contributed by atoms with Gasteiger partial charge in [0.25, 0.3) is 0 Å². The molecule has 1 rings (SSSR count). The molecule has 0 atom stereocenters. The van der Waals surface area contributed by atoms with Crippen molar-refractivity contribution < 1.29 is 14.0 Å². The summed E-state index contributed by atoms with van der Waals surface area (Å²) in [7, 11) is 0. The first kappa shape index (κ1) is 10.3. The van der Waals surface area contributed by atoms with Crippen molar-refractivity contribution in [3.63, 3.8) is 0 Å². The second-order valence-electron chi connectivity index (χ2n) is 2.74. The van der Waals surface area contributed by atoms with Gasteiger partial charge < -0.3 is 4.79 Å². The number of rotatable bonds is 4. The summed E-state index contributed by atoms with van der Waals surface area (Å²) in [5.74, 6) is -0.458. The van der Waals surface area contributed by atoms with E-state index in [1.807, 2.05) is 0 Å². The number of benzene rings is 1. The maximum absolute atomic E-state index is 12.9. The number of hydrogen-bond donors (Lipinski definition) is 0. The summed E-state index contributed by atoms with van der Waals surface area (Å²) in [4.78, 5) is 20.4. The fourth-order valence-electron chi connectivity index (χ4n) is 1.06. The summed E-state index contributed by atoms with van der Waals surface area (Å²) >= 11 is 0. The Morgan fingerprint density at radius 2 is 1.86 bits per heavy atom. The zero-order valence-corrected chi connectivity index (χ0v) is 7.44. The van der Waals surface area contributed by atoms with Crippen LogP contribution in [-0.2, 0) is 4.79 Å². The Labute approximate surface area is 81.1 Å². The highest BCUT2D eigenvalue weighted by molar-refractivity contribution is 5.76. The van der Waals surface area contributed by atoms with Gasteiger partial charge in [0.05, 0.1) is 0 Å². The van der Waals surface area contributed by atoms with Gasteiger partial charge >= 0.3 is 0 Å². The lowest BCUT2D eigenvalue weighted by atomic mass is 10.1. The standard InChI is InChI=1S/C11H9FO2/c12-11-6-9(3-1-2-4-13)5-10(7-11)8-14/h1,3-8H,2H2. The molecule has 0 amide bonds. The Balaban J connectivity index is 2.91. The highest BCUT2D eigenvalue weighted by Gasteiger charge is 1.96. The summed E-state index contributed by atoms with van der Waals surface area (Å²) < 4.78 is 12.9. The molecule has 0 unspecified atom stereocenters. The second-order valence-corrected chi connectivity index (χ2v) is 2.74. The first-order valence-electron chi connectivity index (χ1n) is 4.12. The highest BCUT2D eigenvalue weighted by Crippen LogP contribution is 2.09. The van der Waals surface area contributed by atoms with Gasteiger partial charge in [-0.05, 0) is 23.8 Å². The normalized spacial score (nSPS) is 10.4. The first-order chi connectivity index (χ1) is 6.76. The zero-order valence-electron chi connectivity index (χ0n) is 7.44. The van der Waals surface area contributed by atoms with Crippen LogP contribution in [0.1, 0.15) is 22.3 Å². The molecular formula is C11H9FO2. The Kier molecular flexibility index (Phi) is 3.73. The largest absolute Gasteiger partial charge is 0.303 e. The molecular weight excluding hydrogens is 183 g/mol. The maximum atomic E-state index is 12.9. The summed E-state index contributed by atoms with van der Waals surface area (Å²) in [6.07, 6.45) is 4.82. The van der Waals surface area contributed by atoms with Gasteiger partial charge in [-0.3, -0.25) is 4.79 Å². The van der Waals surface area contributed by atoms with E-state index in [9.17, 15) is 14.0 Å². The predicted molar refractivity (Wildman–Crippen MR) is 51.5 cm³/mol. The third-order valence-electron chi connectivity index (χ3n) is 1.62. The van der Waals surface area contributed by atoms with Crippen molar-refractivity contribution in [1.29, 1.82) is 0 Å². The molecule has 0 spiro atoms. The minimum atomic E-state index is -0.458. The quantitative estimate of drug-likeness (QED) is 0.685. The van der Waals surface area contributed by atoms with Crippen molar-refractivity contribution in [3.8, 4) is 0 Å². The van der Waals surface area contributed by atoms with E-state index < -0.39 is 5.82 Å². The van der Waals surface area contributed by atoms with E-state index in [1.165, 1.54) is 6.07 Å². The Hall–Kier alpha value is -1.77. The first-order valence-corrected chi connectivity index (χ1v) is 4.12. The Morgan fingerprint density at radius 3 is 2.50 bits per heavy atom. The molecule has 0 fully saturated rings. The number of carbonyl (C=O) groups is 2. The molecule has 0 saturated heterocycles. The van der Waals surface area contributed by atoms with Gasteiger partial charge in [0, 0.05) is 12.0 Å². The molecule has 14 heavy (non-hydrogen) atoms. The molecule has 0 saturated carbocycles. The van der Waals surface area contributed by atoms with E-state index in [4.69, 9.17) is 0 Å². The number of aldehydes is 2. The zero-order chi connectivity index (χ0) is 10.4. The smallest absolute Gasteiger partial charge is 0.150 e. The van der Waals surface area contributed by atoms with Gasteiger partial charge in [0.2, 0.25) is 0 Å². The van der Waals surface area contributed by atoms with Crippen LogP contribution in [0.2, 0.25) is 0 Å². The number of hydrogen-bond acceptors (Lipinski definition) is 2. The van der Waals surface area contributed by atoms with E-state index >= 15 is 0 Å². The lowest BCUT2D eigenvalue weighted by Gasteiger charge is -1.95. The van der Waals surface area contributed by atoms with Crippen molar-refractivity contribution in [2.24, 2.45) is 0 Å². The third kappa shape index (κ3) is 2.94. The fraction of sp³-hybridized carbons (Fsp3) is 0.0909. The number of carbonyl (C=O) groups excluding carboxylic acids is 2. The van der Waals surface area contributed by atoms with Crippen LogP contribution in [0.4, 0.5) is 4.39 Å². The SMILES string of the molecule is O=CCC=Cc1cc(F)cc(C=O)c1. The van der Waals surface area contributed by atoms with E-state index in [1.54, 1.807) is 18.2 Å². The molecule has 72 valence electrons. The van der Waals surface area contributed by atoms with Crippen LogP contribution in [0, 0.1) is 5.82 Å². The highest BCUT2D eigenvalue weighted by atomic mass is 19.1. The van der Waals surface area contributed by atoms with Crippen LogP contribution < -0.4 is 0 Å². The van der Waals surface area contributed by atoms with Crippen molar-refractivity contribution >= 4 is 18.6 Å². The molecule has 0 heterocycles. The molecule has 0 aliphatic heterocycles. The minimum absolute atomic E-state index is 0.285. The van der Waals surface area contributed by atoms with Crippen molar-refractivity contribution in [2.75, 3.05) is 0 Å². The average Bonchev–Trinajstić information content (AvgIpc) is 2.17. The van der Waals surface area contributed by atoms with Crippen LogP contribution in [0.25, 0.3) is 6.08 Å². The van der Waals surface area contributed by atoms with Crippen molar-refractivity contribution in [2.45, 2.75) is 6.42 Å². The monoisotopic (exact) mass is 192 g/mol. The molecule has 2 nitrogen and oxygen atoms in total. The van der Waals surface area contributed by atoms with Gasteiger partial charge in [0.15, 0.2) is 0 Å². The van der Waals surface area contributed by atoms with E-state index in [-0.39, 0.29) is 12.0 Å². The third-order valence-corrected chi connectivity index (χ3v) is 1.62. The fourth-order valence-corrected chi connectivity index (χ4v) is 1.06. The molecule has 1 aromatic rings. The summed E-state index contributed by atoms with van der Waals surface area (Å²) in [5.41, 5.74) is 0.865. The van der Waals surface area contributed by atoms with E-state index in [0.29, 0.717) is 11.8 Å². The molecule has 0 bridgehead atoms. The van der Waals surface area contributed by atoms with Gasteiger partial charge in [-0.15, -0.1) is 0 Å². The number of halogens is 1. The van der Waals surface area contributed by atoms with Gasteiger partial charge in [-0.25, -0.2) is 4.39 Å². The summed E-state index contributed by atoms with van der Waals surface area (Å²) in [6, 6.07) is 4.01. The second kappa shape index (κ2) is 5.07. The van der Waals surface area contributed by atoms with Gasteiger partial charge in [-0.1, -0.05) is 12.2 Å². The summed E-state index contributed by atoms with van der Waals surface area (Å²) in [5, 5.41) is 0. The molecule has 0 N–H and O–H groups in total. The van der Waals surface area contributed by atoms with E-state index in [0.717, 1.165) is 12.4 Å². The lowest BCUT2D eigenvalue weighted by molar-refractivity contribution is -0.107. The summed E-state index contributed by atoms with van der Waals surface area (Å²) in [6.45, 7) is 0. The molecule has 3 heteroatoms. The van der Waals surface area contributed by atoms with Gasteiger partial charge in [-0.2, -0.15) is 0 Å². The molecule has 0 aromatic heterocycles. The number of allylic oxidation sites excluding steroid dienone is 1. The maximum Gasteiger partial charge on any atom is 0.150 e. The van der Waals surface area contributed by atoms with Crippen LogP contribution in [-0.4, -0.2) is 12.6 Å². The van der Waals surface area contributed by atoms with Crippen molar-refractivity contribution in [1.82, 2.24) is 0 Å². The lowest BCUT2D eigenvalue weighted by Crippen LogP contribution is -1.84. The average molecular weight is 192 g/mol. The van der Waals surface area contributed by atoms with Gasteiger partial charge in [0.1, 0.15) is 18.4 Å². The molecule has 0 aliphatic carbocycles. The molecule has 0 radical (unpaired) electrons. The van der Waals surface area contributed by atoms with Crippen molar-refractivity contribution in [3.05, 3.63) is 41.2 Å². The van der Waals surface area contributed by atoms with Crippen LogP contribution >= 0.6 is 0 Å². The Morgan fingerprint density at radius 1 is 1.14 bits per heavy atom.